The number of hydrogen-bond acceptors (Lipinski definition) is 6. The maximum Gasteiger partial charge on any atom is 0.227 e. The Labute approximate surface area is 181 Å². The molecule has 0 saturated heterocycles. The first-order valence-corrected chi connectivity index (χ1v) is 11.2. The van der Waals surface area contributed by atoms with Gasteiger partial charge in [0.2, 0.25) is 5.91 Å². The fraction of sp³-hybridized carbons (Fsp3) is 0.476. The summed E-state index contributed by atoms with van der Waals surface area (Å²) in [5.74, 6) is 1.41. The van der Waals surface area contributed by atoms with E-state index in [-0.39, 0.29) is 11.8 Å². The molecule has 1 aromatic heterocycles. The SMILES string of the molecule is CC1SCc2ncnc(NCCNC(=O)C(CC(C)(C)N)c3ccc(Cl)cc3)c21. The number of benzene rings is 1. The van der Waals surface area contributed by atoms with Crippen LogP contribution in [0.5, 0.6) is 0 Å². The highest BCUT2D eigenvalue weighted by Gasteiger charge is 2.27. The molecule has 1 amide bonds. The quantitative estimate of drug-likeness (QED) is 0.547. The molecule has 3 rings (SSSR count). The third kappa shape index (κ3) is 5.84. The molecule has 0 radical (unpaired) electrons. The van der Waals surface area contributed by atoms with Crippen LogP contribution in [0.3, 0.4) is 0 Å². The van der Waals surface area contributed by atoms with Gasteiger partial charge in [-0.25, -0.2) is 9.97 Å². The molecule has 0 spiro atoms. The van der Waals surface area contributed by atoms with E-state index in [1.165, 1.54) is 5.56 Å². The van der Waals surface area contributed by atoms with E-state index in [4.69, 9.17) is 17.3 Å². The number of rotatable bonds is 8. The zero-order chi connectivity index (χ0) is 21.0. The lowest BCUT2D eigenvalue weighted by Crippen LogP contribution is -2.40. The Hall–Kier alpha value is -1.83. The van der Waals surface area contributed by atoms with Gasteiger partial charge in [-0.15, -0.1) is 11.8 Å². The molecule has 0 fully saturated rings. The van der Waals surface area contributed by atoms with Gasteiger partial charge >= 0.3 is 0 Å². The van der Waals surface area contributed by atoms with Crippen molar-refractivity contribution in [3.8, 4) is 0 Å². The van der Waals surface area contributed by atoms with Crippen LogP contribution in [0.25, 0.3) is 0 Å². The first-order chi connectivity index (χ1) is 13.7. The van der Waals surface area contributed by atoms with Crippen molar-refractivity contribution in [2.24, 2.45) is 5.73 Å². The molecule has 2 atom stereocenters. The lowest BCUT2D eigenvalue weighted by Gasteiger charge is -2.26. The summed E-state index contributed by atoms with van der Waals surface area (Å²) in [5, 5.41) is 7.40. The largest absolute Gasteiger partial charge is 0.368 e. The summed E-state index contributed by atoms with van der Waals surface area (Å²) in [4.78, 5) is 21.6. The van der Waals surface area contributed by atoms with E-state index in [2.05, 4.69) is 27.5 Å². The summed E-state index contributed by atoms with van der Waals surface area (Å²) in [6.45, 7) is 7.11. The molecule has 2 aromatic rings. The van der Waals surface area contributed by atoms with Gasteiger partial charge in [0.25, 0.3) is 0 Å². The summed E-state index contributed by atoms with van der Waals surface area (Å²) < 4.78 is 0. The van der Waals surface area contributed by atoms with Gasteiger partial charge in [-0.05, 0) is 44.9 Å². The second-order valence-electron chi connectivity index (χ2n) is 8.05. The highest BCUT2D eigenvalue weighted by atomic mass is 35.5. The van der Waals surface area contributed by atoms with E-state index < -0.39 is 5.54 Å². The van der Waals surface area contributed by atoms with E-state index in [1.54, 1.807) is 18.5 Å². The number of carbonyl (C=O) groups is 1. The Morgan fingerprint density at radius 1 is 1.31 bits per heavy atom. The highest BCUT2D eigenvalue weighted by Crippen LogP contribution is 2.42. The number of fused-ring (bicyclic) bond motifs is 1. The topological polar surface area (TPSA) is 92.9 Å². The van der Waals surface area contributed by atoms with Crippen LogP contribution in [0.2, 0.25) is 5.02 Å². The van der Waals surface area contributed by atoms with Gasteiger partial charge in [-0.3, -0.25) is 4.79 Å². The van der Waals surface area contributed by atoms with Gasteiger partial charge in [0.1, 0.15) is 12.1 Å². The molecule has 0 saturated carbocycles. The van der Waals surface area contributed by atoms with Crippen molar-refractivity contribution in [2.75, 3.05) is 18.4 Å². The molecule has 0 bridgehead atoms. The molecule has 2 heterocycles. The maximum atomic E-state index is 12.9. The zero-order valence-electron chi connectivity index (χ0n) is 17.0. The minimum atomic E-state index is -0.463. The lowest BCUT2D eigenvalue weighted by atomic mass is 9.86. The van der Waals surface area contributed by atoms with Crippen molar-refractivity contribution < 1.29 is 4.79 Å². The van der Waals surface area contributed by atoms with Crippen LogP contribution in [-0.2, 0) is 10.5 Å². The molecule has 4 N–H and O–H groups in total. The van der Waals surface area contributed by atoms with E-state index >= 15 is 0 Å². The Kier molecular flexibility index (Phi) is 7.03. The van der Waals surface area contributed by atoms with E-state index in [9.17, 15) is 4.79 Å². The standard InChI is InChI=1S/C21H28ClN5OS/c1-13-18-17(11-29-13)26-12-27-19(18)24-8-9-25-20(28)16(10-21(2,3)23)14-4-6-15(22)7-5-14/h4-7,12-13,16H,8-11,23H2,1-3H3,(H,25,28)(H,24,26,27). The number of anilines is 1. The number of thioether (sulfide) groups is 1. The number of halogens is 1. The molecule has 1 aliphatic rings. The lowest BCUT2D eigenvalue weighted by molar-refractivity contribution is -0.122. The minimum absolute atomic E-state index is 0.0375. The van der Waals surface area contributed by atoms with E-state index in [0.717, 1.165) is 22.8 Å². The summed E-state index contributed by atoms with van der Waals surface area (Å²) in [5.41, 5.74) is 8.92. The normalized spacial score (nSPS) is 16.9. The van der Waals surface area contributed by atoms with Crippen LogP contribution in [-0.4, -0.2) is 34.5 Å². The minimum Gasteiger partial charge on any atom is -0.368 e. The van der Waals surface area contributed by atoms with Gasteiger partial charge in [0.05, 0.1) is 11.6 Å². The van der Waals surface area contributed by atoms with Crippen LogP contribution in [0.1, 0.15) is 55.2 Å². The van der Waals surface area contributed by atoms with E-state index in [1.807, 2.05) is 37.7 Å². The fourth-order valence-electron chi connectivity index (χ4n) is 3.48. The molecule has 1 aliphatic heterocycles. The number of carbonyl (C=O) groups excluding carboxylic acids is 1. The maximum absolute atomic E-state index is 12.9. The van der Waals surface area contributed by atoms with Crippen LogP contribution >= 0.6 is 23.4 Å². The fourth-order valence-corrected chi connectivity index (χ4v) is 4.65. The van der Waals surface area contributed by atoms with Crippen LogP contribution in [0.4, 0.5) is 5.82 Å². The van der Waals surface area contributed by atoms with Gasteiger partial charge < -0.3 is 16.4 Å². The Morgan fingerprint density at radius 3 is 2.72 bits per heavy atom. The molecule has 156 valence electrons. The number of aromatic nitrogens is 2. The van der Waals surface area contributed by atoms with Crippen LogP contribution < -0.4 is 16.4 Å². The number of nitrogens with two attached hydrogens (primary N) is 1. The Balaban J connectivity index is 1.59. The average molecular weight is 434 g/mol. The van der Waals surface area contributed by atoms with Gasteiger partial charge in [-0.1, -0.05) is 23.7 Å². The third-order valence-electron chi connectivity index (χ3n) is 4.88. The molecule has 8 heteroatoms. The monoisotopic (exact) mass is 433 g/mol. The Morgan fingerprint density at radius 2 is 2.03 bits per heavy atom. The Bertz CT molecular complexity index is 853. The predicted octanol–water partition coefficient (Wildman–Crippen LogP) is 3.88. The molecule has 0 aliphatic carbocycles. The summed E-state index contributed by atoms with van der Waals surface area (Å²) in [6, 6.07) is 7.38. The summed E-state index contributed by atoms with van der Waals surface area (Å²) in [6.07, 6.45) is 2.14. The first-order valence-electron chi connectivity index (χ1n) is 9.76. The third-order valence-corrected chi connectivity index (χ3v) is 6.31. The highest BCUT2D eigenvalue weighted by molar-refractivity contribution is 7.99. The smallest absolute Gasteiger partial charge is 0.227 e. The van der Waals surface area contributed by atoms with Crippen LogP contribution in [0, 0.1) is 0 Å². The zero-order valence-corrected chi connectivity index (χ0v) is 18.6. The van der Waals surface area contributed by atoms with Crippen molar-refractivity contribution in [3.63, 3.8) is 0 Å². The van der Waals surface area contributed by atoms with Gasteiger partial charge in [0.15, 0.2) is 0 Å². The second-order valence-corrected chi connectivity index (χ2v) is 9.82. The van der Waals surface area contributed by atoms with Crippen molar-refractivity contribution in [1.82, 2.24) is 15.3 Å². The van der Waals surface area contributed by atoms with Crippen molar-refractivity contribution >= 4 is 35.1 Å². The van der Waals surface area contributed by atoms with Crippen molar-refractivity contribution in [1.29, 1.82) is 0 Å². The average Bonchev–Trinajstić information content (AvgIpc) is 3.05. The molecule has 29 heavy (non-hydrogen) atoms. The molecule has 1 aromatic carbocycles. The van der Waals surface area contributed by atoms with E-state index in [0.29, 0.717) is 29.8 Å². The number of nitrogens with one attached hydrogen (secondary N) is 2. The molecule has 2 unspecified atom stereocenters. The summed E-state index contributed by atoms with van der Waals surface area (Å²) in [7, 11) is 0. The molecule has 6 nitrogen and oxygen atoms in total. The number of nitrogens with zero attached hydrogens (tertiary/aromatic N) is 2. The number of amides is 1. The predicted molar refractivity (Wildman–Crippen MR) is 120 cm³/mol. The first kappa shape index (κ1) is 21.9. The van der Waals surface area contributed by atoms with Gasteiger partial charge in [-0.2, -0.15) is 0 Å². The summed E-state index contributed by atoms with van der Waals surface area (Å²) >= 11 is 7.85. The molecular formula is C21H28ClN5OS. The molecular weight excluding hydrogens is 406 g/mol. The second kappa shape index (κ2) is 9.32. The van der Waals surface area contributed by atoms with Gasteiger partial charge in [0, 0.05) is 40.2 Å². The van der Waals surface area contributed by atoms with Crippen molar-refractivity contribution in [3.05, 3.63) is 52.4 Å². The van der Waals surface area contributed by atoms with Crippen LogP contribution in [0.15, 0.2) is 30.6 Å². The van der Waals surface area contributed by atoms with Crippen molar-refractivity contribution in [2.45, 2.75) is 49.7 Å². The number of hydrogen-bond donors (Lipinski definition) is 3.